The average molecular weight is 308 g/mol. The molecule has 6 nitrogen and oxygen atoms in total. The molecule has 1 unspecified atom stereocenters. The van der Waals surface area contributed by atoms with Crippen LogP contribution in [0.1, 0.15) is 22.3 Å². The van der Waals surface area contributed by atoms with Gasteiger partial charge in [-0.2, -0.15) is 11.8 Å². The molecule has 1 saturated heterocycles. The number of carbonyl (C=O) groups is 3. The van der Waals surface area contributed by atoms with Crippen molar-refractivity contribution in [2.75, 3.05) is 12.0 Å². The summed E-state index contributed by atoms with van der Waals surface area (Å²) < 4.78 is 0. The molecule has 1 aliphatic rings. The number of hydrogen-bond donors (Lipinski definition) is 2. The maximum atomic E-state index is 12.1. The Morgan fingerprint density at radius 1 is 1.33 bits per heavy atom. The highest BCUT2D eigenvalue weighted by Gasteiger charge is 2.37. The van der Waals surface area contributed by atoms with Gasteiger partial charge in [0.25, 0.3) is 5.91 Å². The minimum Gasteiger partial charge on any atom is -0.478 e. The number of thioether (sulfide) groups is 1. The topological polar surface area (TPSA) is 86.7 Å². The molecule has 1 aromatic rings. The molecule has 1 aliphatic heterocycles. The van der Waals surface area contributed by atoms with E-state index < -0.39 is 18.0 Å². The lowest BCUT2D eigenvalue weighted by atomic mass is 10.1. The maximum absolute atomic E-state index is 12.1. The monoisotopic (exact) mass is 308 g/mol. The van der Waals surface area contributed by atoms with Gasteiger partial charge in [0.2, 0.25) is 0 Å². The van der Waals surface area contributed by atoms with Crippen LogP contribution < -0.4 is 5.32 Å². The highest BCUT2D eigenvalue weighted by atomic mass is 32.2. The number of carboxylic acid groups (broad SMARTS) is 1. The molecule has 112 valence electrons. The molecule has 7 heteroatoms. The fraction of sp³-hybridized carbons (Fsp3) is 0.357. The Hall–Kier alpha value is -2.02. The van der Waals surface area contributed by atoms with Crippen LogP contribution in [-0.2, 0) is 11.3 Å². The quantitative estimate of drug-likeness (QED) is 0.779. The maximum Gasteiger partial charge on any atom is 0.335 e. The highest BCUT2D eigenvalue weighted by molar-refractivity contribution is 7.98. The van der Waals surface area contributed by atoms with Gasteiger partial charge < -0.3 is 10.4 Å². The van der Waals surface area contributed by atoms with Crippen molar-refractivity contribution in [3.8, 4) is 0 Å². The molecule has 1 fully saturated rings. The molecular weight excluding hydrogens is 292 g/mol. The fourth-order valence-corrected chi connectivity index (χ4v) is 2.56. The minimum absolute atomic E-state index is 0.153. The number of carboxylic acids is 1. The van der Waals surface area contributed by atoms with Crippen molar-refractivity contribution in [2.24, 2.45) is 0 Å². The summed E-state index contributed by atoms with van der Waals surface area (Å²) in [6, 6.07) is 5.29. The van der Waals surface area contributed by atoms with Crippen molar-refractivity contribution in [1.29, 1.82) is 0 Å². The smallest absolute Gasteiger partial charge is 0.335 e. The molecule has 0 aromatic heterocycles. The van der Waals surface area contributed by atoms with Crippen LogP contribution in [0.25, 0.3) is 0 Å². The van der Waals surface area contributed by atoms with E-state index in [2.05, 4.69) is 5.32 Å². The number of carbonyl (C=O) groups excluding carboxylic acids is 2. The lowest BCUT2D eigenvalue weighted by Crippen LogP contribution is -2.31. The molecule has 1 heterocycles. The SMILES string of the molecule is CSCCC1NC(=O)N(Cc2ccc(C(=O)O)cc2)C1=O. The number of rotatable bonds is 6. The van der Waals surface area contributed by atoms with Gasteiger partial charge in [-0.1, -0.05) is 12.1 Å². The third-order valence-corrected chi connectivity index (χ3v) is 3.90. The van der Waals surface area contributed by atoms with E-state index >= 15 is 0 Å². The molecule has 0 aliphatic carbocycles. The molecule has 21 heavy (non-hydrogen) atoms. The van der Waals surface area contributed by atoms with Gasteiger partial charge in [-0.25, -0.2) is 9.59 Å². The summed E-state index contributed by atoms with van der Waals surface area (Å²) in [7, 11) is 0. The van der Waals surface area contributed by atoms with Gasteiger partial charge in [-0.3, -0.25) is 9.69 Å². The van der Waals surface area contributed by atoms with E-state index in [1.807, 2.05) is 6.26 Å². The van der Waals surface area contributed by atoms with Crippen molar-refractivity contribution in [3.05, 3.63) is 35.4 Å². The summed E-state index contributed by atoms with van der Waals surface area (Å²) in [6.45, 7) is 0.153. The van der Waals surface area contributed by atoms with Gasteiger partial charge in [-0.15, -0.1) is 0 Å². The molecule has 0 saturated carbocycles. The first-order valence-electron chi connectivity index (χ1n) is 6.46. The predicted molar refractivity (Wildman–Crippen MR) is 79.3 cm³/mol. The summed E-state index contributed by atoms with van der Waals surface area (Å²) in [5.74, 6) is -0.428. The second-order valence-corrected chi connectivity index (χ2v) is 5.70. The number of imide groups is 1. The van der Waals surface area contributed by atoms with Crippen molar-refractivity contribution >= 4 is 29.7 Å². The molecule has 2 N–H and O–H groups in total. The Morgan fingerprint density at radius 3 is 2.57 bits per heavy atom. The van der Waals surface area contributed by atoms with Crippen LogP contribution in [0.4, 0.5) is 4.79 Å². The van der Waals surface area contributed by atoms with Crippen LogP contribution in [0, 0.1) is 0 Å². The summed E-state index contributed by atoms with van der Waals surface area (Å²) >= 11 is 1.62. The number of aromatic carboxylic acids is 1. The van der Waals surface area contributed by atoms with Crippen LogP contribution >= 0.6 is 11.8 Å². The summed E-state index contributed by atoms with van der Waals surface area (Å²) in [5.41, 5.74) is 0.891. The summed E-state index contributed by atoms with van der Waals surface area (Å²) in [5, 5.41) is 11.5. The lowest BCUT2D eigenvalue weighted by Gasteiger charge is -2.13. The van der Waals surface area contributed by atoms with E-state index in [0.29, 0.717) is 12.0 Å². The van der Waals surface area contributed by atoms with Gasteiger partial charge in [0.15, 0.2) is 0 Å². The van der Waals surface area contributed by atoms with Crippen LogP contribution in [-0.4, -0.2) is 46.0 Å². The van der Waals surface area contributed by atoms with Crippen molar-refractivity contribution in [2.45, 2.75) is 19.0 Å². The molecule has 0 bridgehead atoms. The molecule has 1 atom stereocenters. The van der Waals surface area contributed by atoms with E-state index in [1.165, 1.54) is 17.0 Å². The number of nitrogens with one attached hydrogen (secondary N) is 1. The van der Waals surface area contributed by atoms with Crippen LogP contribution in [0.5, 0.6) is 0 Å². The second-order valence-electron chi connectivity index (χ2n) is 4.71. The Bertz CT molecular complexity index is 559. The number of nitrogens with zero attached hydrogens (tertiary/aromatic N) is 1. The first-order valence-corrected chi connectivity index (χ1v) is 7.85. The number of benzene rings is 1. The Balaban J connectivity index is 2.03. The van der Waals surface area contributed by atoms with Crippen LogP contribution in [0.15, 0.2) is 24.3 Å². The van der Waals surface area contributed by atoms with Gasteiger partial charge >= 0.3 is 12.0 Å². The zero-order chi connectivity index (χ0) is 15.4. The Morgan fingerprint density at radius 2 is 2.00 bits per heavy atom. The standard InChI is InChI=1S/C14H16N2O4S/c1-21-7-6-11-12(17)16(14(20)15-11)8-9-2-4-10(5-3-9)13(18)19/h2-5,11H,6-8H2,1H3,(H,15,20)(H,18,19). The minimum atomic E-state index is -1.01. The molecule has 2 rings (SSSR count). The molecule has 1 aromatic carbocycles. The van der Waals surface area contributed by atoms with E-state index in [1.54, 1.807) is 23.9 Å². The third-order valence-electron chi connectivity index (χ3n) is 3.26. The molecular formula is C14H16N2O4S. The normalized spacial score (nSPS) is 18.0. The Kier molecular flexibility index (Phi) is 4.85. The lowest BCUT2D eigenvalue weighted by molar-refractivity contribution is -0.127. The molecule has 3 amide bonds. The predicted octanol–water partition coefficient (Wildman–Crippen LogP) is 1.56. The van der Waals surface area contributed by atoms with Crippen molar-refractivity contribution in [1.82, 2.24) is 10.2 Å². The van der Waals surface area contributed by atoms with Gasteiger partial charge in [0.1, 0.15) is 6.04 Å². The largest absolute Gasteiger partial charge is 0.478 e. The second kappa shape index (κ2) is 6.62. The van der Waals surface area contributed by atoms with Gasteiger partial charge in [0, 0.05) is 0 Å². The van der Waals surface area contributed by atoms with E-state index in [4.69, 9.17) is 5.11 Å². The van der Waals surface area contributed by atoms with E-state index in [9.17, 15) is 14.4 Å². The van der Waals surface area contributed by atoms with Gasteiger partial charge in [-0.05, 0) is 36.1 Å². The molecule has 0 radical (unpaired) electrons. The Labute approximate surface area is 126 Å². The van der Waals surface area contributed by atoms with E-state index in [-0.39, 0.29) is 18.0 Å². The van der Waals surface area contributed by atoms with Gasteiger partial charge in [0.05, 0.1) is 12.1 Å². The number of hydrogen-bond acceptors (Lipinski definition) is 4. The number of urea groups is 1. The van der Waals surface area contributed by atoms with Crippen LogP contribution in [0.2, 0.25) is 0 Å². The fourth-order valence-electron chi connectivity index (χ4n) is 2.09. The zero-order valence-electron chi connectivity index (χ0n) is 11.5. The zero-order valence-corrected chi connectivity index (χ0v) is 12.4. The van der Waals surface area contributed by atoms with Crippen molar-refractivity contribution in [3.63, 3.8) is 0 Å². The van der Waals surface area contributed by atoms with Crippen molar-refractivity contribution < 1.29 is 19.5 Å². The summed E-state index contributed by atoms with van der Waals surface area (Å²) in [4.78, 5) is 35.9. The van der Waals surface area contributed by atoms with Crippen LogP contribution in [0.3, 0.4) is 0 Å². The first kappa shape index (κ1) is 15.4. The molecule has 0 spiro atoms. The van der Waals surface area contributed by atoms with E-state index in [0.717, 1.165) is 5.75 Å². The number of amides is 3. The highest BCUT2D eigenvalue weighted by Crippen LogP contribution is 2.15. The average Bonchev–Trinajstić information content (AvgIpc) is 2.73. The first-order chi connectivity index (χ1) is 10.0. The summed E-state index contributed by atoms with van der Waals surface area (Å²) in [6.07, 6.45) is 2.56. The third kappa shape index (κ3) is 3.55.